The lowest BCUT2D eigenvalue weighted by Crippen LogP contribution is -2.34. The first kappa shape index (κ1) is 19.0. The first-order valence-corrected chi connectivity index (χ1v) is 10.3. The molecule has 2 aromatic rings. The number of carboxylic acids is 1. The van der Waals surface area contributed by atoms with Gasteiger partial charge in [0.1, 0.15) is 0 Å². The highest BCUT2D eigenvalue weighted by Crippen LogP contribution is 2.47. The van der Waals surface area contributed by atoms with E-state index in [1.54, 1.807) is 6.07 Å². The number of fused-ring (bicyclic) bond motifs is 2. The molecule has 4 rings (SSSR count). The molecule has 0 aliphatic heterocycles. The second-order valence-corrected chi connectivity index (χ2v) is 9.87. The number of aromatic carboxylic acids is 1. The Morgan fingerprint density at radius 1 is 0.964 bits per heavy atom. The molecule has 146 valence electrons. The zero-order chi connectivity index (χ0) is 20.3. The fourth-order valence-electron chi connectivity index (χ4n) is 4.88. The number of benzene rings is 2. The monoisotopic (exact) mass is 374 g/mol. The quantitative estimate of drug-likeness (QED) is 0.649. The van der Waals surface area contributed by atoms with Gasteiger partial charge in [0.25, 0.3) is 0 Å². The average molecular weight is 375 g/mol. The van der Waals surface area contributed by atoms with Crippen LogP contribution >= 0.6 is 0 Å². The summed E-state index contributed by atoms with van der Waals surface area (Å²) in [7, 11) is 0. The van der Waals surface area contributed by atoms with Crippen molar-refractivity contribution < 1.29 is 9.90 Å². The highest BCUT2D eigenvalue weighted by molar-refractivity contribution is 5.91. The van der Waals surface area contributed by atoms with E-state index in [9.17, 15) is 9.90 Å². The van der Waals surface area contributed by atoms with Gasteiger partial charge in [-0.15, -0.1) is 0 Å². The number of hydrogen-bond donors (Lipinski definition) is 1. The van der Waals surface area contributed by atoms with Crippen molar-refractivity contribution in [2.75, 3.05) is 0 Å². The minimum Gasteiger partial charge on any atom is -0.478 e. The predicted octanol–water partition coefficient (Wildman–Crippen LogP) is 6.53. The van der Waals surface area contributed by atoms with Gasteiger partial charge < -0.3 is 5.11 Å². The van der Waals surface area contributed by atoms with Crippen LogP contribution in [-0.4, -0.2) is 11.1 Å². The molecule has 0 aromatic heterocycles. The lowest BCUT2D eigenvalue weighted by atomic mass is 9.62. The predicted molar refractivity (Wildman–Crippen MR) is 116 cm³/mol. The minimum absolute atomic E-state index is 0.204. The summed E-state index contributed by atoms with van der Waals surface area (Å²) in [5, 5.41) is 9.24. The van der Waals surface area contributed by atoms with Crippen LogP contribution in [0.25, 0.3) is 11.6 Å². The molecule has 0 spiro atoms. The molecule has 0 fully saturated rings. The molecule has 2 aromatic carbocycles. The third kappa shape index (κ3) is 3.09. The number of hydrogen-bond acceptors (Lipinski definition) is 1. The summed E-state index contributed by atoms with van der Waals surface area (Å²) in [4.78, 5) is 11.3. The molecule has 0 atom stereocenters. The van der Waals surface area contributed by atoms with E-state index in [4.69, 9.17) is 0 Å². The van der Waals surface area contributed by atoms with Gasteiger partial charge >= 0.3 is 5.97 Å². The van der Waals surface area contributed by atoms with E-state index in [0.717, 1.165) is 18.4 Å². The number of carbonyl (C=O) groups is 1. The summed E-state index contributed by atoms with van der Waals surface area (Å²) in [5.41, 5.74) is 10.1. The zero-order valence-corrected chi connectivity index (χ0v) is 17.6. The second kappa shape index (κ2) is 6.34. The van der Waals surface area contributed by atoms with Crippen LogP contribution in [0.2, 0.25) is 0 Å². The van der Waals surface area contributed by atoms with Crippen molar-refractivity contribution in [3.63, 3.8) is 0 Å². The normalized spacial score (nSPS) is 20.7. The van der Waals surface area contributed by atoms with Crippen LogP contribution in [0.3, 0.4) is 0 Å². The van der Waals surface area contributed by atoms with Gasteiger partial charge in [0.2, 0.25) is 0 Å². The molecule has 0 saturated carbocycles. The van der Waals surface area contributed by atoms with E-state index in [1.807, 2.05) is 12.1 Å². The summed E-state index contributed by atoms with van der Waals surface area (Å²) in [6.45, 7) is 11.7. The average Bonchev–Trinajstić information content (AvgIpc) is 3.02. The molecule has 0 radical (unpaired) electrons. The molecular weight excluding hydrogens is 344 g/mol. The van der Waals surface area contributed by atoms with E-state index in [0.29, 0.717) is 5.56 Å². The van der Waals surface area contributed by atoms with Gasteiger partial charge in [0.05, 0.1) is 5.56 Å². The van der Waals surface area contributed by atoms with Gasteiger partial charge in [-0.05, 0) is 94.5 Å². The van der Waals surface area contributed by atoms with Crippen LogP contribution in [-0.2, 0) is 17.3 Å². The third-order valence-corrected chi connectivity index (χ3v) is 6.93. The molecular formula is C26H30O2. The van der Waals surface area contributed by atoms with Gasteiger partial charge in [-0.1, -0.05) is 52.0 Å². The maximum Gasteiger partial charge on any atom is 0.335 e. The Morgan fingerprint density at radius 2 is 1.61 bits per heavy atom. The van der Waals surface area contributed by atoms with Gasteiger partial charge in [-0.25, -0.2) is 4.79 Å². The van der Waals surface area contributed by atoms with Crippen molar-refractivity contribution in [1.29, 1.82) is 0 Å². The number of allylic oxidation sites excluding steroid dienone is 1. The van der Waals surface area contributed by atoms with Crippen LogP contribution in [0.4, 0.5) is 0 Å². The fourth-order valence-corrected chi connectivity index (χ4v) is 4.88. The molecule has 2 aliphatic rings. The molecule has 0 bridgehead atoms. The van der Waals surface area contributed by atoms with Gasteiger partial charge in [0.15, 0.2) is 0 Å². The molecule has 2 heteroatoms. The topological polar surface area (TPSA) is 37.3 Å². The van der Waals surface area contributed by atoms with Crippen molar-refractivity contribution in [1.82, 2.24) is 0 Å². The summed E-state index contributed by atoms with van der Waals surface area (Å²) in [5.74, 6) is -0.851. The third-order valence-electron chi connectivity index (χ3n) is 6.93. The zero-order valence-electron chi connectivity index (χ0n) is 17.6. The Kier molecular flexibility index (Phi) is 4.30. The molecule has 0 saturated heterocycles. The van der Waals surface area contributed by atoms with E-state index < -0.39 is 5.97 Å². The lowest BCUT2D eigenvalue weighted by Gasteiger charge is -2.42. The molecule has 0 amide bonds. The molecule has 2 aliphatic carbocycles. The lowest BCUT2D eigenvalue weighted by molar-refractivity contribution is 0.0697. The van der Waals surface area contributed by atoms with E-state index in [2.05, 4.69) is 52.8 Å². The highest BCUT2D eigenvalue weighted by atomic mass is 16.4. The second-order valence-electron chi connectivity index (χ2n) is 9.87. The molecule has 0 unspecified atom stereocenters. The highest BCUT2D eigenvalue weighted by Gasteiger charge is 2.37. The fraction of sp³-hybridized carbons (Fsp3) is 0.423. The van der Waals surface area contributed by atoms with E-state index in [-0.39, 0.29) is 10.8 Å². The number of rotatable bonds is 2. The van der Waals surface area contributed by atoms with Gasteiger partial charge in [-0.2, -0.15) is 0 Å². The maximum atomic E-state index is 11.3. The van der Waals surface area contributed by atoms with Crippen molar-refractivity contribution >= 4 is 17.6 Å². The SMILES string of the molecule is Cc1cc2c(cc1/C=C1/CCc3cc(C(=O)O)ccc31)C(C)(C)CCC2(C)C. The Hall–Kier alpha value is -2.35. The molecule has 0 heterocycles. The standard InChI is InChI=1S/C26H30O2/c1-16-12-22-23(26(4,5)11-10-25(22,2)3)15-20(16)14-18-7-6-17-13-19(24(27)28)8-9-21(17)18/h8-9,12-15H,6-7,10-11H2,1-5H3,(H,27,28)/b18-14-. The van der Waals surface area contributed by atoms with Gasteiger partial charge in [0, 0.05) is 0 Å². The van der Waals surface area contributed by atoms with E-state index in [1.165, 1.54) is 46.2 Å². The first-order valence-electron chi connectivity index (χ1n) is 10.3. The summed E-state index contributed by atoms with van der Waals surface area (Å²) in [6.07, 6.45) is 6.67. The Labute approximate surface area is 168 Å². The smallest absolute Gasteiger partial charge is 0.335 e. The van der Waals surface area contributed by atoms with Crippen LogP contribution in [0.15, 0.2) is 30.3 Å². The largest absolute Gasteiger partial charge is 0.478 e. The van der Waals surface area contributed by atoms with Crippen LogP contribution in [0, 0.1) is 6.92 Å². The van der Waals surface area contributed by atoms with Crippen molar-refractivity contribution in [3.05, 3.63) is 69.3 Å². The Balaban J connectivity index is 1.80. The number of aryl methyl sites for hydroxylation is 2. The molecule has 28 heavy (non-hydrogen) atoms. The minimum atomic E-state index is -0.851. The summed E-state index contributed by atoms with van der Waals surface area (Å²) in [6, 6.07) is 10.4. The van der Waals surface area contributed by atoms with Crippen LogP contribution in [0.1, 0.15) is 90.7 Å². The van der Waals surface area contributed by atoms with Crippen molar-refractivity contribution in [3.8, 4) is 0 Å². The Morgan fingerprint density at radius 3 is 2.25 bits per heavy atom. The first-order chi connectivity index (χ1) is 13.1. The van der Waals surface area contributed by atoms with Gasteiger partial charge in [-0.3, -0.25) is 0 Å². The van der Waals surface area contributed by atoms with Crippen molar-refractivity contribution in [2.45, 2.75) is 71.1 Å². The molecule has 2 nitrogen and oxygen atoms in total. The number of carboxylic acid groups (broad SMARTS) is 1. The van der Waals surface area contributed by atoms with Crippen molar-refractivity contribution in [2.24, 2.45) is 0 Å². The molecule has 1 N–H and O–H groups in total. The van der Waals surface area contributed by atoms with Crippen LogP contribution in [0.5, 0.6) is 0 Å². The summed E-state index contributed by atoms with van der Waals surface area (Å²) >= 11 is 0. The summed E-state index contributed by atoms with van der Waals surface area (Å²) < 4.78 is 0. The maximum absolute atomic E-state index is 11.3. The van der Waals surface area contributed by atoms with E-state index >= 15 is 0 Å². The Bertz CT molecular complexity index is 1010. The van der Waals surface area contributed by atoms with Crippen LogP contribution < -0.4 is 0 Å².